The second-order valence-corrected chi connectivity index (χ2v) is 2.41. The first-order valence-corrected chi connectivity index (χ1v) is 3.62. The fourth-order valence-electron chi connectivity index (χ4n) is 1.13. The van der Waals surface area contributed by atoms with Gasteiger partial charge in [0.05, 0.1) is 13.3 Å². The first kappa shape index (κ1) is 7.10. The zero-order chi connectivity index (χ0) is 8.39. The van der Waals surface area contributed by atoms with Crippen molar-refractivity contribution in [3.8, 4) is 5.88 Å². The molecule has 0 saturated carbocycles. The van der Waals surface area contributed by atoms with Crippen LogP contribution in [0.4, 0.5) is 0 Å². The molecule has 0 aliphatic heterocycles. The SMILES string of the molecule is COc1n[c]cc2c[c]ccc12. The number of rotatable bonds is 1. The highest BCUT2D eigenvalue weighted by atomic mass is 16.5. The zero-order valence-corrected chi connectivity index (χ0v) is 6.66. The number of pyridine rings is 1. The molecule has 1 aromatic heterocycles. The van der Waals surface area contributed by atoms with Crippen molar-refractivity contribution in [2.45, 2.75) is 0 Å². The molecule has 0 aliphatic rings. The van der Waals surface area contributed by atoms with Gasteiger partial charge in [-0.05, 0) is 29.7 Å². The van der Waals surface area contributed by atoms with Crippen LogP contribution in [0.3, 0.4) is 0 Å². The van der Waals surface area contributed by atoms with Gasteiger partial charge >= 0.3 is 0 Å². The van der Waals surface area contributed by atoms with Crippen molar-refractivity contribution in [3.05, 3.63) is 36.5 Å². The number of ether oxygens (including phenoxy) is 1. The monoisotopic (exact) mass is 157 g/mol. The molecule has 2 radical (unpaired) electrons. The molecule has 0 saturated heterocycles. The Hall–Kier alpha value is -1.57. The summed E-state index contributed by atoms with van der Waals surface area (Å²) in [6.07, 6.45) is 2.76. The van der Waals surface area contributed by atoms with E-state index in [9.17, 15) is 0 Å². The van der Waals surface area contributed by atoms with Gasteiger partial charge < -0.3 is 4.74 Å². The number of fused-ring (bicyclic) bond motifs is 1. The fraction of sp³-hybridized carbons (Fsp3) is 0.100. The molecule has 0 spiro atoms. The van der Waals surface area contributed by atoms with Crippen molar-refractivity contribution in [3.63, 3.8) is 0 Å². The summed E-state index contributed by atoms with van der Waals surface area (Å²) >= 11 is 0. The number of hydrogen-bond donors (Lipinski definition) is 0. The van der Waals surface area contributed by atoms with E-state index < -0.39 is 0 Å². The van der Waals surface area contributed by atoms with Crippen LogP contribution in [-0.4, -0.2) is 12.1 Å². The quantitative estimate of drug-likeness (QED) is 0.630. The highest BCUT2D eigenvalue weighted by Gasteiger charge is 1.99. The Kier molecular flexibility index (Phi) is 1.67. The maximum absolute atomic E-state index is 5.07. The summed E-state index contributed by atoms with van der Waals surface area (Å²) in [4.78, 5) is 3.96. The molecule has 0 N–H and O–H groups in total. The minimum absolute atomic E-state index is 0.612. The number of benzene rings is 1. The molecule has 0 amide bonds. The van der Waals surface area contributed by atoms with Crippen LogP contribution in [0.2, 0.25) is 0 Å². The Bertz CT molecular complexity index is 392. The van der Waals surface area contributed by atoms with Gasteiger partial charge in [0.1, 0.15) is 0 Å². The molecule has 1 heterocycles. The van der Waals surface area contributed by atoms with Crippen LogP contribution in [0.1, 0.15) is 0 Å². The Balaban J connectivity index is 2.79. The summed E-state index contributed by atoms with van der Waals surface area (Å²) in [5, 5.41) is 2.04. The molecular weight excluding hydrogens is 150 g/mol. The van der Waals surface area contributed by atoms with Crippen LogP contribution in [0.15, 0.2) is 24.3 Å². The molecule has 0 fully saturated rings. The Morgan fingerprint density at radius 3 is 3.17 bits per heavy atom. The topological polar surface area (TPSA) is 22.1 Å². The highest BCUT2D eigenvalue weighted by molar-refractivity contribution is 5.86. The van der Waals surface area contributed by atoms with Gasteiger partial charge in [0, 0.05) is 5.39 Å². The number of nitrogens with zero attached hydrogens (tertiary/aromatic N) is 1. The molecule has 0 bridgehead atoms. The molecule has 0 aliphatic carbocycles. The lowest BCUT2D eigenvalue weighted by atomic mass is 10.2. The van der Waals surface area contributed by atoms with Crippen molar-refractivity contribution < 1.29 is 4.74 Å². The van der Waals surface area contributed by atoms with Gasteiger partial charge in [0.2, 0.25) is 5.88 Å². The van der Waals surface area contributed by atoms with Gasteiger partial charge in [-0.15, -0.1) is 0 Å². The van der Waals surface area contributed by atoms with Gasteiger partial charge in [0.25, 0.3) is 0 Å². The minimum atomic E-state index is 0.612. The lowest BCUT2D eigenvalue weighted by Crippen LogP contribution is -1.87. The molecule has 0 unspecified atom stereocenters. The smallest absolute Gasteiger partial charge is 0.221 e. The van der Waals surface area contributed by atoms with E-state index in [1.54, 1.807) is 7.11 Å². The molecule has 1 aromatic carbocycles. The van der Waals surface area contributed by atoms with Crippen molar-refractivity contribution in [1.82, 2.24) is 4.98 Å². The average molecular weight is 157 g/mol. The summed E-state index contributed by atoms with van der Waals surface area (Å²) in [5.74, 6) is 0.612. The summed E-state index contributed by atoms with van der Waals surface area (Å²) in [5.41, 5.74) is 0. The van der Waals surface area contributed by atoms with Crippen LogP contribution in [0.25, 0.3) is 10.8 Å². The van der Waals surface area contributed by atoms with E-state index in [0.29, 0.717) is 5.88 Å². The molecule has 2 aromatic rings. The number of methoxy groups -OCH3 is 1. The molecule has 12 heavy (non-hydrogen) atoms. The summed E-state index contributed by atoms with van der Waals surface area (Å²) < 4.78 is 5.07. The predicted molar refractivity (Wildman–Crippen MR) is 46.0 cm³/mol. The van der Waals surface area contributed by atoms with E-state index in [0.717, 1.165) is 10.8 Å². The Labute approximate surface area is 70.8 Å². The zero-order valence-electron chi connectivity index (χ0n) is 6.66. The normalized spacial score (nSPS) is 10.1. The maximum atomic E-state index is 5.07. The van der Waals surface area contributed by atoms with Gasteiger partial charge in [-0.2, -0.15) is 0 Å². The lowest BCUT2D eigenvalue weighted by Gasteiger charge is -2.01. The summed E-state index contributed by atoms with van der Waals surface area (Å²) in [6.45, 7) is 0. The highest BCUT2D eigenvalue weighted by Crippen LogP contribution is 2.20. The van der Waals surface area contributed by atoms with Gasteiger partial charge in [-0.25, -0.2) is 4.98 Å². The standard InChI is InChI=1S/C10H7NO/c1-12-10-9-5-3-2-4-8(9)6-7-11-10/h3-6H,1H3. The fourth-order valence-corrected chi connectivity index (χ4v) is 1.13. The average Bonchev–Trinajstić information content (AvgIpc) is 2.17. The van der Waals surface area contributed by atoms with Crippen LogP contribution in [0.5, 0.6) is 5.88 Å². The van der Waals surface area contributed by atoms with Crippen molar-refractivity contribution in [2.24, 2.45) is 0 Å². The van der Waals surface area contributed by atoms with Crippen LogP contribution >= 0.6 is 0 Å². The predicted octanol–water partition coefficient (Wildman–Crippen LogP) is 1.84. The summed E-state index contributed by atoms with van der Waals surface area (Å²) in [7, 11) is 1.60. The van der Waals surface area contributed by atoms with E-state index in [-0.39, 0.29) is 0 Å². The van der Waals surface area contributed by atoms with Crippen molar-refractivity contribution >= 4 is 10.8 Å². The van der Waals surface area contributed by atoms with Crippen LogP contribution in [-0.2, 0) is 0 Å². The Morgan fingerprint density at radius 1 is 1.42 bits per heavy atom. The van der Waals surface area contributed by atoms with E-state index in [1.165, 1.54) is 0 Å². The van der Waals surface area contributed by atoms with E-state index in [4.69, 9.17) is 4.74 Å². The molecule has 58 valence electrons. The van der Waals surface area contributed by atoms with Crippen LogP contribution < -0.4 is 4.74 Å². The van der Waals surface area contributed by atoms with Crippen LogP contribution in [0, 0.1) is 12.3 Å². The minimum Gasteiger partial charge on any atom is -0.481 e. The molecule has 0 atom stereocenters. The van der Waals surface area contributed by atoms with E-state index in [1.807, 2.05) is 24.3 Å². The number of aromatic nitrogens is 1. The van der Waals surface area contributed by atoms with Gasteiger partial charge in [-0.3, -0.25) is 0 Å². The molecule has 2 rings (SSSR count). The third-order valence-electron chi connectivity index (χ3n) is 1.71. The van der Waals surface area contributed by atoms with Gasteiger partial charge in [0.15, 0.2) is 0 Å². The Morgan fingerprint density at radius 2 is 2.33 bits per heavy atom. The van der Waals surface area contributed by atoms with Crippen molar-refractivity contribution in [1.29, 1.82) is 0 Å². The van der Waals surface area contributed by atoms with Gasteiger partial charge in [-0.1, -0.05) is 6.07 Å². The number of hydrogen-bond acceptors (Lipinski definition) is 2. The molecular formula is C10H7NO. The van der Waals surface area contributed by atoms with E-state index in [2.05, 4.69) is 17.2 Å². The van der Waals surface area contributed by atoms with Crippen molar-refractivity contribution in [2.75, 3.05) is 7.11 Å². The first-order chi connectivity index (χ1) is 5.92. The lowest BCUT2D eigenvalue weighted by molar-refractivity contribution is 0.403. The second kappa shape index (κ2) is 2.81. The summed E-state index contributed by atoms with van der Waals surface area (Å²) in [6, 6.07) is 10.4. The first-order valence-electron chi connectivity index (χ1n) is 3.62. The van der Waals surface area contributed by atoms with E-state index >= 15 is 0 Å². The second-order valence-electron chi connectivity index (χ2n) is 2.41. The molecule has 2 heteroatoms. The molecule has 2 nitrogen and oxygen atoms in total. The maximum Gasteiger partial charge on any atom is 0.221 e. The third-order valence-corrected chi connectivity index (χ3v) is 1.71. The largest absolute Gasteiger partial charge is 0.481 e. The third kappa shape index (κ3) is 1.01.